The number of piperidine rings is 1. The highest BCUT2D eigenvalue weighted by molar-refractivity contribution is 14.1. The van der Waals surface area contributed by atoms with Gasteiger partial charge in [-0.2, -0.15) is 0 Å². The van der Waals surface area contributed by atoms with Gasteiger partial charge < -0.3 is 4.90 Å². The van der Waals surface area contributed by atoms with Gasteiger partial charge in [-0.3, -0.25) is 14.2 Å². The Hall–Kier alpha value is -1.87. The number of benzene rings is 2. The number of halogens is 1. The van der Waals surface area contributed by atoms with E-state index in [2.05, 4.69) is 22.6 Å². The maximum Gasteiger partial charge on any atom is 0.266 e. The van der Waals surface area contributed by atoms with Crippen molar-refractivity contribution >= 4 is 51.2 Å². The van der Waals surface area contributed by atoms with Gasteiger partial charge in [-0.1, -0.05) is 23.9 Å². The molecule has 5 nitrogen and oxygen atoms in total. The molecule has 0 radical (unpaired) electrons. The largest absolute Gasteiger partial charge is 0.342 e. The fourth-order valence-corrected chi connectivity index (χ4v) is 5.29. The van der Waals surface area contributed by atoms with Gasteiger partial charge in [-0.15, -0.1) is 0 Å². The first-order chi connectivity index (χ1) is 14.4. The van der Waals surface area contributed by atoms with Crippen LogP contribution in [0.15, 0.2) is 52.4 Å². The van der Waals surface area contributed by atoms with E-state index in [0.29, 0.717) is 16.1 Å². The molecule has 1 aliphatic rings. The Morgan fingerprint density at radius 3 is 2.63 bits per heavy atom. The summed E-state index contributed by atoms with van der Waals surface area (Å²) in [5.41, 5.74) is 2.39. The minimum absolute atomic E-state index is 0.107. The molecule has 1 aliphatic heterocycles. The Kier molecular flexibility index (Phi) is 6.48. The topological polar surface area (TPSA) is 55.2 Å². The molecule has 1 saturated heterocycles. The quantitative estimate of drug-likeness (QED) is 0.275. The van der Waals surface area contributed by atoms with Crippen LogP contribution in [0.25, 0.3) is 16.6 Å². The lowest BCUT2D eigenvalue weighted by molar-refractivity contribution is -0.131. The second-order valence-electron chi connectivity index (χ2n) is 7.68. The zero-order chi connectivity index (χ0) is 21.3. The number of carbonyl (C=O) groups is 1. The van der Waals surface area contributed by atoms with Crippen LogP contribution in [0.4, 0.5) is 0 Å². The Morgan fingerprint density at radius 1 is 1.13 bits per heavy atom. The molecule has 2 heterocycles. The standard InChI is InChI=1S/C23H24IN3O2S/c1-15-7-6-8-18(13-15)27-22(29)19-14-17(24)9-10-20(19)25-23(27)30-16(2)21(28)26-11-4-3-5-12-26/h6-10,13-14,16H,3-5,11-12H2,1-2H3/t16-/m1/s1. The molecule has 30 heavy (non-hydrogen) atoms. The maximum atomic E-state index is 13.5. The van der Waals surface area contributed by atoms with Gasteiger partial charge in [0, 0.05) is 16.7 Å². The molecule has 1 fully saturated rings. The molecule has 0 aliphatic carbocycles. The molecule has 0 saturated carbocycles. The van der Waals surface area contributed by atoms with Crippen molar-refractivity contribution in [2.24, 2.45) is 0 Å². The summed E-state index contributed by atoms with van der Waals surface area (Å²) in [5.74, 6) is 0.118. The van der Waals surface area contributed by atoms with Gasteiger partial charge in [0.1, 0.15) is 0 Å². The molecule has 1 amide bonds. The van der Waals surface area contributed by atoms with E-state index in [-0.39, 0.29) is 16.7 Å². The summed E-state index contributed by atoms with van der Waals surface area (Å²) in [6, 6.07) is 13.5. The number of thioether (sulfide) groups is 1. The van der Waals surface area contributed by atoms with Crippen LogP contribution in [0.3, 0.4) is 0 Å². The van der Waals surface area contributed by atoms with Crippen molar-refractivity contribution in [2.45, 2.75) is 43.5 Å². The van der Waals surface area contributed by atoms with E-state index < -0.39 is 0 Å². The molecule has 0 unspecified atom stereocenters. The second kappa shape index (κ2) is 9.09. The molecule has 2 aromatic carbocycles. The number of hydrogen-bond donors (Lipinski definition) is 0. The van der Waals surface area contributed by atoms with E-state index in [1.54, 1.807) is 4.57 Å². The predicted octanol–water partition coefficient (Wildman–Crippen LogP) is 4.79. The Bertz CT molecular complexity index is 1150. The van der Waals surface area contributed by atoms with Gasteiger partial charge in [0.05, 0.1) is 21.8 Å². The maximum absolute atomic E-state index is 13.5. The summed E-state index contributed by atoms with van der Waals surface area (Å²) in [6.45, 7) is 5.55. The number of hydrogen-bond acceptors (Lipinski definition) is 4. The summed E-state index contributed by atoms with van der Waals surface area (Å²) in [6.07, 6.45) is 3.30. The smallest absolute Gasteiger partial charge is 0.266 e. The highest BCUT2D eigenvalue weighted by Gasteiger charge is 2.25. The number of amides is 1. The van der Waals surface area contributed by atoms with Crippen molar-refractivity contribution in [1.82, 2.24) is 14.5 Å². The molecule has 7 heteroatoms. The number of nitrogens with zero attached hydrogens (tertiary/aromatic N) is 3. The number of carbonyl (C=O) groups excluding carboxylic acids is 1. The van der Waals surface area contributed by atoms with Crippen LogP contribution in [-0.4, -0.2) is 38.7 Å². The van der Waals surface area contributed by atoms with Crippen molar-refractivity contribution in [1.29, 1.82) is 0 Å². The van der Waals surface area contributed by atoms with Crippen molar-refractivity contribution < 1.29 is 4.79 Å². The fourth-order valence-electron chi connectivity index (χ4n) is 3.79. The first-order valence-corrected chi connectivity index (χ1v) is 12.1. The Balaban J connectivity index is 1.79. The number of fused-ring (bicyclic) bond motifs is 1. The molecular weight excluding hydrogens is 509 g/mol. The van der Waals surface area contributed by atoms with E-state index >= 15 is 0 Å². The average molecular weight is 533 g/mol. The summed E-state index contributed by atoms with van der Waals surface area (Å²) < 4.78 is 2.64. The lowest BCUT2D eigenvalue weighted by atomic mass is 10.1. The number of rotatable bonds is 4. The lowest BCUT2D eigenvalue weighted by Crippen LogP contribution is -2.40. The van der Waals surface area contributed by atoms with Crippen molar-refractivity contribution in [3.05, 3.63) is 62.0 Å². The predicted molar refractivity (Wildman–Crippen MR) is 131 cm³/mol. The Morgan fingerprint density at radius 2 is 1.90 bits per heavy atom. The van der Waals surface area contributed by atoms with Crippen LogP contribution in [0, 0.1) is 10.5 Å². The molecule has 0 N–H and O–H groups in total. The van der Waals surface area contributed by atoms with Gasteiger partial charge in [0.25, 0.3) is 5.56 Å². The zero-order valence-electron chi connectivity index (χ0n) is 17.1. The molecule has 1 atom stereocenters. The molecule has 1 aromatic heterocycles. The fraction of sp³-hybridized carbons (Fsp3) is 0.348. The monoisotopic (exact) mass is 533 g/mol. The molecule has 4 rings (SSSR count). The van der Waals surface area contributed by atoms with Gasteiger partial charge in [0.15, 0.2) is 5.16 Å². The van der Waals surface area contributed by atoms with E-state index in [1.807, 2.05) is 61.2 Å². The zero-order valence-corrected chi connectivity index (χ0v) is 20.1. The Labute approximate surface area is 194 Å². The van der Waals surface area contributed by atoms with E-state index in [1.165, 1.54) is 18.2 Å². The number of likely N-dealkylation sites (tertiary alicyclic amines) is 1. The van der Waals surface area contributed by atoms with Crippen molar-refractivity contribution in [2.75, 3.05) is 13.1 Å². The van der Waals surface area contributed by atoms with Crippen LogP contribution < -0.4 is 5.56 Å². The molecule has 0 bridgehead atoms. The second-order valence-corrected chi connectivity index (χ2v) is 10.2. The first-order valence-electron chi connectivity index (χ1n) is 10.2. The van der Waals surface area contributed by atoms with Gasteiger partial charge in [-0.05, 0) is 91.6 Å². The van der Waals surface area contributed by atoms with Crippen LogP contribution in [-0.2, 0) is 4.79 Å². The number of aromatic nitrogens is 2. The van der Waals surface area contributed by atoms with E-state index in [9.17, 15) is 9.59 Å². The molecule has 3 aromatic rings. The summed E-state index contributed by atoms with van der Waals surface area (Å²) in [5, 5.41) is 0.826. The third-order valence-electron chi connectivity index (χ3n) is 5.36. The van der Waals surface area contributed by atoms with Gasteiger partial charge >= 0.3 is 0 Å². The summed E-state index contributed by atoms with van der Waals surface area (Å²) >= 11 is 3.57. The molecule has 0 spiro atoms. The van der Waals surface area contributed by atoms with Crippen LogP contribution in [0.1, 0.15) is 31.7 Å². The minimum atomic E-state index is -0.313. The van der Waals surface area contributed by atoms with Gasteiger partial charge in [-0.25, -0.2) is 4.98 Å². The summed E-state index contributed by atoms with van der Waals surface area (Å²) in [7, 11) is 0. The molecular formula is C23H24IN3O2S. The third-order valence-corrected chi connectivity index (χ3v) is 7.07. The normalized spacial score (nSPS) is 15.4. The molecule has 156 valence electrons. The SMILES string of the molecule is Cc1cccc(-n2c(S[C@H](C)C(=O)N3CCCCC3)nc3ccc(I)cc3c2=O)c1. The van der Waals surface area contributed by atoms with E-state index in [0.717, 1.165) is 40.8 Å². The number of aryl methyl sites for hydroxylation is 1. The third kappa shape index (κ3) is 4.42. The lowest BCUT2D eigenvalue weighted by Gasteiger charge is -2.29. The average Bonchev–Trinajstić information content (AvgIpc) is 2.74. The van der Waals surface area contributed by atoms with Gasteiger partial charge in [0.2, 0.25) is 5.91 Å². The van der Waals surface area contributed by atoms with E-state index in [4.69, 9.17) is 4.98 Å². The highest BCUT2D eigenvalue weighted by Crippen LogP contribution is 2.27. The first kappa shape index (κ1) is 21.4. The van der Waals surface area contributed by atoms with Crippen LogP contribution >= 0.6 is 34.4 Å². The van der Waals surface area contributed by atoms with Crippen LogP contribution in [0.5, 0.6) is 0 Å². The highest BCUT2D eigenvalue weighted by atomic mass is 127. The van der Waals surface area contributed by atoms with Crippen molar-refractivity contribution in [3.63, 3.8) is 0 Å². The van der Waals surface area contributed by atoms with Crippen molar-refractivity contribution in [3.8, 4) is 5.69 Å². The minimum Gasteiger partial charge on any atom is -0.342 e. The summed E-state index contributed by atoms with van der Waals surface area (Å²) in [4.78, 5) is 33.2. The van der Waals surface area contributed by atoms with Crippen LogP contribution in [0.2, 0.25) is 0 Å².